The third-order valence-electron chi connectivity index (χ3n) is 5.10. The van der Waals surface area contributed by atoms with Crippen LogP contribution in [0.4, 0.5) is 0 Å². The number of benzene rings is 1. The Bertz CT molecular complexity index is 796. The molecule has 1 aromatic carbocycles. The summed E-state index contributed by atoms with van der Waals surface area (Å²) in [6, 6.07) is 8.14. The quantitative estimate of drug-likeness (QED) is 0.168. The number of methoxy groups -OCH3 is 2. The standard InChI is InChI=1S/C22H37N7O2.HI/c1-18-26-27-21(29(18)3)17-25-22(24-13-15-28(2)14-6-16-30-4)23-12-11-19-7-9-20(31-5)10-8-19;/h7-10H,6,11-17H2,1-5H3,(H2,23,24,25);1H. The van der Waals surface area contributed by atoms with E-state index in [-0.39, 0.29) is 24.0 Å². The van der Waals surface area contributed by atoms with Crippen molar-refractivity contribution >= 4 is 29.9 Å². The monoisotopic (exact) mass is 559 g/mol. The molecule has 32 heavy (non-hydrogen) atoms. The molecule has 0 saturated heterocycles. The van der Waals surface area contributed by atoms with E-state index in [0.717, 1.165) is 69.0 Å². The third-order valence-corrected chi connectivity index (χ3v) is 5.10. The van der Waals surface area contributed by atoms with Crippen molar-refractivity contribution in [1.29, 1.82) is 0 Å². The van der Waals surface area contributed by atoms with Gasteiger partial charge in [0.05, 0.1) is 7.11 Å². The van der Waals surface area contributed by atoms with Crippen LogP contribution in [0.5, 0.6) is 5.75 Å². The first-order valence-electron chi connectivity index (χ1n) is 10.7. The second kappa shape index (κ2) is 15.8. The molecule has 2 aromatic rings. The molecule has 0 atom stereocenters. The molecule has 0 radical (unpaired) electrons. The highest BCUT2D eigenvalue weighted by Gasteiger charge is 2.06. The van der Waals surface area contributed by atoms with Gasteiger partial charge < -0.3 is 29.6 Å². The summed E-state index contributed by atoms with van der Waals surface area (Å²) in [7, 11) is 7.49. The van der Waals surface area contributed by atoms with Crippen molar-refractivity contribution in [3.63, 3.8) is 0 Å². The van der Waals surface area contributed by atoms with Gasteiger partial charge >= 0.3 is 0 Å². The number of hydrogen-bond acceptors (Lipinski definition) is 6. The Morgan fingerprint density at radius 1 is 1.09 bits per heavy atom. The first-order chi connectivity index (χ1) is 15.0. The van der Waals surface area contributed by atoms with Crippen LogP contribution in [0, 0.1) is 6.92 Å². The zero-order chi connectivity index (χ0) is 22.5. The van der Waals surface area contributed by atoms with Crippen molar-refractivity contribution in [3.8, 4) is 5.75 Å². The molecule has 0 fully saturated rings. The number of guanidine groups is 1. The van der Waals surface area contributed by atoms with Gasteiger partial charge in [0.1, 0.15) is 18.1 Å². The smallest absolute Gasteiger partial charge is 0.191 e. The average molecular weight is 559 g/mol. The maximum absolute atomic E-state index is 5.22. The largest absolute Gasteiger partial charge is 0.497 e. The molecule has 9 nitrogen and oxygen atoms in total. The van der Waals surface area contributed by atoms with Crippen LogP contribution >= 0.6 is 24.0 Å². The number of likely N-dealkylation sites (N-methyl/N-ethyl adjacent to an activating group) is 1. The molecule has 0 amide bonds. The number of ether oxygens (including phenoxy) is 2. The lowest BCUT2D eigenvalue weighted by Crippen LogP contribution is -2.42. The summed E-state index contributed by atoms with van der Waals surface area (Å²) in [4.78, 5) is 7.00. The van der Waals surface area contributed by atoms with Gasteiger partial charge in [-0.1, -0.05) is 12.1 Å². The Morgan fingerprint density at radius 3 is 2.44 bits per heavy atom. The van der Waals surface area contributed by atoms with Gasteiger partial charge in [-0.05, 0) is 44.5 Å². The normalized spacial score (nSPS) is 11.4. The predicted molar refractivity (Wildman–Crippen MR) is 139 cm³/mol. The van der Waals surface area contributed by atoms with Crippen molar-refractivity contribution in [1.82, 2.24) is 30.3 Å². The van der Waals surface area contributed by atoms with Gasteiger partial charge in [0.2, 0.25) is 0 Å². The number of hydrogen-bond donors (Lipinski definition) is 2. The van der Waals surface area contributed by atoms with Crippen LogP contribution in [-0.4, -0.2) is 79.7 Å². The summed E-state index contributed by atoms with van der Waals surface area (Å²) >= 11 is 0. The molecule has 2 rings (SSSR count). The number of aryl methyl sites for hydroxylation is 1. The molecule has 180 valence electrons. The lowest BCUT2D eigenvalue weighted by Gasteiger charge is -2.18. The fraction of sp³-hybridized carbons (Fsp3) is 0.591. The molecular formula is C22H38IN7O2. The molecule has 0 bridgehead atoms. The van der Waals surface area contributed by atoms with Crippen molar-refractivity contribution in [2.75, 3.05) is 54.1 Å². The van der Waals surface area contributed by atoms with E-state index in [0.29, 0.717) is 6.54 Å². The molecule has 0 unspecified atom stereocenters. The zero-order valence-corrected chi connectivity index (χ0v) is 22.3. The summed E-state index contributed by atoms with van der Waals surface area (Å²) in [6.45, 7) is 6.70. The van der Waals surface area contributed by atoms with Gasteiger partial charge in [0.15, 0.2) is 11.8 Å². The lowest BCUT2D eigenvalue weighted by molar-refractivity contribution is 0.180. The second-order valence-corrected chi connectivity index (χ2v) is 7.49. The topological polar surface area (TPSA) is 88.8 Å². The molecule has 10 heteroatoms. The molecule has 0 aliphatic heterocycles. The number of rotatable bonds is 13. The van der Waals surface area contributed by atoms with Gasteiger partial charge in [-0.2, -0.15) is 0 Å². The maximum Gasteiger partial charge on any atom is 0.191 e. The van der Waals surface area contributed by atoms with Gasteiger partial charge in [0, 0.05) is 46.9 Å². The number of halogens is 1. The highest BCUT2D eigenvalue weighted by molar-refractivity contribution is 14.0. The molecule has 1 heterocycles. The number of aliphatic imine (C=N–C) groups is 1. The lowest BCUT2D eigenvalue weighted by atomic mass is 10.1. The van der Waals surface area contributed by atoms with Crippen LogP contribution in [0.25, 0.3) is 0 Å². The second-order valence-electron chi connectivity index (χ2n) is 7.49. The maximum atomic E-state index is 5.22. The van der Waals surface area contributed by atoms with E-state index in [1.807, 2.05) is 30.7 Å². The number of nitrogens with one attached hydrogen (secondary N) is 2. The van der Waals surface area contributed by atoms with E-state index in [1.165, 1.54) is 5.56 Å². The van der Waals surface area contributed by atoms with Crippen molar-refractivity contribution in [2.24, 2.45) is 12.0 Å². The fourth-order valence-electron chi connectivity index (χ4n) is 2.99. The molecule has 2 N–H and O–H groups in total. The molecule has 0 spiro atoms. The Hall–Kier alpha value is -1.92. The van der Waals surface area contributed by atoms with E-state index in [1.54, 1.807) is 14.2 Å². The van der Waals surface area contributed by atoms with E-state index >= 15 is 0 Å². The molecule has 0 aliphatic carbocycles. The van der Waals surface area contributed by atoms with Gasteiger partial charge in [-0.25, -0.2) is 4.99 Å². The molecular weight excluding hydrogens is 521 g/mol. The van der Waals surface area contributed by atoms with Crippen LogP contribution in [0.2, 0.25) is 0 Å². The summed E-state index contributed by atoms with van der Waals surface area (Å²) in [5, 5.41) is 15.2. The van der Waals surface area contributed by atoms with Gasteiger partial charge in [-0.15, -0.1) is 34.2 Å². The van der Waals surface area contributed by atoms with Crippen LogP contribution in [0.1, 0.15) is 23.6 Å². The van der Waals surface area contributed by atoms with Crippen molar-refractivity contribution in [3.05, 3.63) is 41.5 Å². The number of aromatic nitrogens is 3. The molecule has 1 aromatic heterocycles. The Kier molecular flexibility index (Phi) is 13.9. The summed E-state index contributed by atoms with van der Waals surface area (Å²) in [5.74, 6) is 3.36. The minimum atomic E-state index is 0. The van der Waals surface area contributed by atoms with Crippen LogP contribution in [0.3, 0.4) is 0 Å². The van der Waals surface area contributed by atoms with E-state index < -0.39 is 0 Å². The fourth-order valence-corrected chi connectivity index (χ4v) is 2.99. The van der Waals surface area contributed by atoms with Gasteiger partial charge in [-0.3, -0.25) is 0 Å². The first kappa shape index (κ1) is 28.1. The summed E-state index contributed by atoms with van der Waals surface area (Å²) < 4.78 is 12.3. The van der Waals surface area contributed by atoms with Crippen LogP contribution in [0.15, 0.2) is 29.3 Å². The van der Waals surface area contributed by atoms with Gasteiger partial charge in [0.25, 0.3) is 0 Å². The van der Waals surface area contributed by atoms with Crippen LogP contribution in [-0.2, 0) is 24.8 Å². The molecule has 0 aliphatic rings. The summed E-state index contributed by atoms with van der Waals surface area (Å²) in [6.07, 6.45) is 1.92. The number of nitrogens with zero attached hydrogens (tertiary/aromatic N) is 5. The predicted octanol–water partition coefficient (Wildman–Crippen LogP) is 2.00. The van der Waals surface area contributed by atoms with Crippen LogP contribution < -0.4 is 15.4 Å². The van der Waals surface area contributed by atoms with Crippen molar-refractivity contribution < 1.29 is 9.47 Å². The zero-order valence-electron chi connectivity index (χ0n) is 19.9. The Balaban J connectivity index is 0.00000512. The van der Waals surface area contributed by atoms with Crippen molar-refractivity contribution in [2.45, 2.75) is 26.3 Å². The molecule has 0 saturated carbocycles. The summed E-state index contributed by atoms with van der Waals surface area (Å²) in [5.41, 5.74) is 1.24. The van der Waals surface area contributed by atoms with E-state index in [4.69, 9.17) is 14.5 Å². The van der Waals surface area contributed by atoms with E-state index in [9.17, 15) is 0 Å². The Labute approximate surface area is 209 Å². The highest BCUT2D eigenvalue weighted by Crippen LogP contribution is 2.11. The third kappa shape index (κ3) is 10.1. The highest BCUT2D eigenvalue weighted by atomic mass is 127. The average Bonchev–Trinajstić information content (AvgIpc) is 3.10. The van der Waals surface area contributed by atoms with E-state index in [2.05, 4.69) is 44.9 Å². The Morgan fingerprint density at radius 2 is 1.81 bits per heavy atom. The first-order valence-corrected chi connectivity index (χ1v) is 10.7. The minimum Gasteiger partial charge on any atom is -0.497 e. The SMILES string of the molecule is COCCCN(C)CCNC(=NCc1nnc(C)n1C)NCCc1ccc(OC)cc1.I. The minimum absolute atomic E-state index is 0.